The highest BCUT2D eigenvalue weighted by Crippen LogP contribution is 2.23. The second kappa shape index (κ2) is 10.6. The van der Waals surface area contributed by atoms with E-state index in [2.05, 4.69) is 5.32 Å². The first-order chi connectivity index (χ1) is 13.8. The maximum absolute atomic E-state index is 13.6. The number of thioether (sulfide) groups is 1. The zero-order chi connectivity index (χ0) is 21.4. The van der Waals surface area contributed by atoms with Crippen molar-refractivity contribution in [3.8, 4) is 0 Å². The fraction of sp³-hybridized carbons (Fsp3) is 0.250. The summed E-state index contributed by atoms with van der Waals surface area (Å²) in [6.45, 7) is 2.96. The number of nitrogens with one attached hydrogen (secondary N) is 2. The Morgan fingerprint density at radius 1 is 1.00 bits per heavy atom. The van der Waals surface area contributed by atoms with Crippen molar-refractivity contribution < 1.29 is 27.9 Å². The lowest BCUT2D eigenvalue weighted by molar-refractivity contribution is -0.119. The molecule has 0 unspecified atom stereocenters. The van der Waals surface area contributed by atoms with Gasteiger partial charge in [0.25, 0.3) is 5.91 Å². The topological polar surface area (TPSA) is 84.5 Å². The average Bonchev–Trinajstić information content (AvgIpc) is 2.67. The molecule has 0 aliphatic heterocycles. The molecule has 2 aromatic carbocycles. The first-order valence-electron chi connectivity index (χ1n) is 8.70. The molecule has 0 spiro atoms. The van der Waals surface area contributed by atoms with Crippen molar-refractivity contribution in [1.82, 2.24) is 5.32 Å². The zero-order valence-electron chi connectivity index (χ0n) is 15.8. The third-order valence-corrected chi connectivity index (χ3v) is 4.55. The normalized spacial score (nSPS) is 10.5. The van der Waals surface area contributed by atoms with Crippen LogP contribution in [0.15, 0.2) is 47.4 Å². The monoisotopic (exact) mass is 422 g/mol. The predicted molar refractivity (Wildman–Crippen MR) is 106 cm³/mol. The van der Waals surface area contributed by atoms with Crippen LogP contribution in [0.5, 0.6) is 0 Å². The van der Waals surface area contributed by atoms with Crippen molar-refractivity contribution in [3.63, 3.8) is 0 Å². The van der Waals surface area contributed by atoms with Gasteiger partial charge in [-0.3, -0.25) is 9.59 Å². The fourth-order valence-electron chi connectivity index (χ4n) is 2.27. The van der Waals surface area contributed by atoms with Crippen molar-refractivity contribution in [2.75, 3.05) is 17.7 Å². The number of para-hydroxylation sites is 1. The largest absolute Gasteiger partial charge is 0.452 e. The van der Waals surface area contributed by atoms with E-state index in [-0.39, 0.29) is 23.3 Å². The van der Waals surface area contributed by atoms with Crippen LogP contribution in [0.4, 0.5) is 14.5 Å². The Hall–Kier alpha value is -2.94. The molecular formula is C20H20F2N2O4S. The summed E-state index contributed by atoms with van der Waals surface area (Å²) in [5.41, 5.74) is -0.430. The molecular weight excluding hydrogens is 402 g/mol. The predicted octanol–water partition coefficient (Wildman–Crippen LogP) is 3.38. The molecule has 0 fully saturated rings. The van der Waals surface area contributed by atoms with Crippen molar-refractivity contribution in [1.29, 1.82) is 0 Å². The van der Waals surface area contributed by atoms with E-state index in [0.717, 1.165) is 30.0 Å². The summed E-state index contributed by atoms with van der Waals surface area (Å²) in [4.78, 5) is 36.5. The van der Waals surface area contributed by atoms with Crippen molar-refractivity contribution in [2.45, 2.75) is 24.8 Å². The quantitative estimate of drug-likeness (QED) is 0.503. The van der Waals surface area contributed by atoms with Crippen LogP contribution in [-0.2, 0) is 14.3 Å². The molecule has 154 valence electrons. The molecule has 9 heteroatoms. The Kier molecular flexibility index (Phi) is 8.14. The standard InChI is InChI=1S/C20H20F2N2O4S/c1-12(2)23-18(26)11-29-16-9-4-3-6-13(16)20(27)28-10-17(25)24-19-14(21)7-5-8-15(19)22/h3-9,12H,10-11H2,1-2H3,(H,23,26)(H,24,25). The summed E-state index contributed by atoms with van der Waals surface area (Å²) in [6.07, 6.45) is 0. The molecule has 29 heavy (non-hydrogen) atoms. The number of hydrogen-bond donors (Lipinski definition) is 2. The summed E-state index contributed by atoms with van der Waals surface area (Å²) in [5.74, 6) is -3.63. The molecule has 0 heterocycles. The first kappa shape index (κ1) is 22.4. The summed E-state index contributed by atoms with van der Waals surface area (Å²) in [7, 11) is 0. The highest BCUT2D eigenvalue weighted by Gasteiger charge is 2.17. The van der Waals surface area contributed by atoms with Gasteiger partial charge in [-0.2, -0.15) is 0 Å². The molecule has 0 bridgehead atoms. The molecule has 0 saturated carbocycles. The highest BCUT2D eigenvalue weighted by atomic mass is 32.2. The average molecular weight is 422 g/mol. The number of carbonyl (C=O) groups is 3. The maximum Gasteiger partial charge on any atom is 0.339 e. The number of carbonyl (C=O) groups excluding carboxylic acids is 3. The van der Waals surface area contributed by atoms with E-state index in [1.165, 1.54) is 6.07 Å². The van der Waals surface area contributed by atoms with Crippen LogP contribution in [0, 0.1) is 11.6 Å². The van der Waals surface area contributed by atoms with Crippen LogP contribution in [-0.4, -0.2) is 36.2 Å². The molecule has 0 atom stereocenters. The van der Waals surface area contributed by atoms with E-state index >= 15 is 0 Å². The molecule has 2 aromatic rings. The molecule has 2 amide bonds. The zero-order valence-corrected chi connectivity index (χ0v) is 16.6. The molecule has 0 aromatic heterocycles. The second-order valence-corrected chi connectivity index (χ2v) is 7.25. The van der Waals surface area contributed by atoms with Crippen LogP contribution in [0.2, 0.25) is 0 Å². The Morgan fingerprint density at radius 3 is 2.31 bits per heavy atom. The number of hydrogen-bond acceptors (Lipinski definition) is 5. The lowest BCUT2D eigenvalue weighted by Crippen LogP contribution is -2.31. The molecule has 2 rings (SSSR count). The van der Waals surface area contributed by atoms with E-state index in [0.29, 0.717) is 4.90 Å². The lowest BCUT2D eigenvalue weighted by atomic mass is 10.2. The third-order valence-electron chi connectivity index (χ3n) is 3.48. The minimum atomic E-state index is -0.939. The molecule has 0 radical (unpaired) electrons. The summed E-state index contributed by atoms with van der Waals surface area (Å²) in [6, 6.07) is 9.62. The lowest BCUT2D eigenvalue weighted by Gasteiger charge is -2.11. The van der Waals surface area contributed by atoms with Gasteiger partial charge in [0.2, 0.25) is 5.91 Å². The highest BCUT2D eigenvalue weighted by molar-refractivity contribution is 8.00. The van der Waals surface area contributed by atoms with E-state index in [4.69, 9.17) is 4.74 Å². The number of rotatable bonds is 8. The number of anilines is 1. The number of benzene rings is 2. The van der Waals surface area contributed by atoms with Gasteiger partial charge in [0.05, 0.1) is 11.3 Å². The Labute approximate surface area is 171 Å². The number of esters is 1. The van der Waals surface area contributed by atoms with Crippen LogP contribution in [0.3, 0.4) is 0 Å². The second-order valence-electron chi connectivity index (χ2n) is 6.23. The fourth-order valence-corrected chi connectivity index (χ4v) is 3.12. The minimum absolute atomic E-state index is 0.00103. The van der Waals surface area contributed by atoms with E-state index in [1.807, 2.05) is 19.2 Å². The van der Waals surface area contributed by atoms with Gasteiger partial charge in [-0.15, -0.1) is 11.8 Å². The smallest absolute Gasteiger partial charge is 0.339 e. The first-order valence-corrected chi connectivity index (χ1v) is 9.68. The van der Waals surface area contributed by atoms with Crippen molar-refractivity contribution in [2.24, 2.45) is 0 Å². The van der Waals surface area contributed by atoms with Crippen molar-refractivity contribution in [3.05, 3.63) is 59.7 Å². The van der Waals surface area contributed by atoms with Gasteiger partial charge in [0.1, 0.15) is 17.3 Å². The number of ether oxygens (including phenoxy) is 1. The molecule has 0 aliphatic carbocycles. The molecule has 2 N–H and O–H groups in total. The van der Waals surface area contributed by atoms with Gasteiger partial charge in [-0.1, -0.05) is 18.2 Å². The van der Waals surface area contributed by atoms with Crippen molar-refractivity contribution >= 4 is 35.2 Å². The maximum atomic E-state index is 13.6. The Morgan fingerprint density at radius 2 is 1.66 bits per heavy atom. The Balaban J connectivity index is 1.95. The number of halogens is 2. The van der Waals surface area contributed by atoms with Gasteiger partial charge >= 0.3 is 5.97 Å². The van der Waals surface area contributed by atoms with E-state index in [1.54, 1.807) is 18.2 Å². The van der Waals surface area contributed by atoms with Crippen LogP contribution in [0.1, 0.15) is 24.2 Å². The summed E-state index contributed by atoms with van der Waals surface area (Å²) in [5, 5.41) is 4.78. The summed E-state index contributed by atoms with van der Waals surface area (Å²) < 4.78 is 32.1. The van der Waals surface area contributed by atoms with Gasteiger partial charge in [0, 0.05) is 10.9 Å². The van der Waals surface area contributed by atoms with E-state index in [9.17, 15) is 23.2 Å². The van der Waals surface area contributed by atoms with Gasteiger partial charge in [-0.05, 0) is 38.1 Å². The molecule has 0 aliphatic rings. The summed E-state index contributed by atoms with van der Waals surface area (Å²) >= 11 is 1.15. The van der Waals surface area contributed by atoms with Gasteiger partial charge < -0.3 is 15.4 Å². The Bertz CT molecular complexity index is 886. The van der Waals surface area contributed by atoms with Gasteiger partial charge in [0.15, 0.2) is 6.61 Å². The van der Waals surface area contributed by atoms with Gasteiger partial charge in [-0.25, -0.2) is 13.6 Å². The third kappa shape index (κ3) is 6.86. The molecule has 6 nitrogen and oxygen atoms in total. The van der Waals surface area contributed by atoms with Crippen LogP contribution < -0.4 is 10.6 Å². The SMILES string of the molecule is CC(C)NC(=O)CSc1ccccc1C(=O)OCC(=O)Nc1c(F)cccc1F. The minimum Gasteiger partial charge on any atom is -0.452 e. The van der Waals surface area contributed by atoms with E-state index < -0.39 is 35.8 Å². The van der Waals surface area contributed by atoms with Crippen LogP contribution in [0.25, 0.3) is 0 Å². The number of amides is 2. The van der Waals surface area contributed by atoms with Crippen LogP contribution >= 0.6 is 11.8 Å². The molecule has 0 saturated heterocycles.